The third kappa shape index (κ3) is 2.86. The van der Waals surface area contributed by atoms with Crippen LogP contribution in [0.15, 0.2) is 0 Å². The lowest BCUT2D eigenvalue weighted by Crippen LogP contribution is -2.25. The number of rotatable bonds is 6. The molecule has 0 aromatic carbocycles. The summed E-state index contributed by atoms with van der Waals surface area (Å²) in [6.45, 7) is 3.31. The van der Waals surface area contributed by atoms with Gasteiger partial charge in [-0.15, -0.1) is 11.3 Å². The highest BCUT2D eigenvalue weighted by molar-refractivity contribution is 7.11. The number of hydrogen-bond donors (Lipinski definition) is 1. The maximum absolute atomic E-state index is 5.68. The van der Waals surface area contributed by atoms with Gasteiger partial charge in [-0.05, 0) is 51.0 Å². The summed E-state index contributed by atoms with van der Waals surface area (Å²) in [5.41, 5.74) is 1.32. The minimum Gasteiger partial charge on any atom is -0.374 e. The van der Waals surface area contributed by atoms with E-state index in [1.54, 1.807) is 0 Å². The minimum atomic E-state index is 0.252. The van der Waals surface area contributed by atoms with Gasteiger partial charge in [0, 0.05) is 12.0 Å². The summed E-state index contributed by atoms with van der Waals surface area (Å²) < 4.78 is 5.68. The summed E-state index contributed by atoms with van der Waals surface area (Å²) in [4.78, 5) is 6.45. The lowest BCUT2D eigenvalue weighted by Gasteiger charge is -2.22. The molecule has 19 heavy (non-hydrogen) atoms. The van der Waals surface area contributed by atoms with Gasteiger partial charge in [0.05, 0.1) is 11.7 Å². The molecule has 4 heteroatoms. The number of methoxy groups -OCH3 is 1. The van der Waals surface area contributed by atoms with E-state index in [4.69, 9.17) is 9.72 Å². The van der Waals surface area contributed by atoms with E-state index in [1.807, 2.05) is 18.4 Å². The first-order valence-corrected chi connectivity index (χ1v) is 8.40. The number of fused-ring (bicyclic) bond motifs is 1. The van der Waals surface area contributed by atoms with Crippen molar-refractivity contribution in [2.24, 2.45) is 5.92 Å². The lowest BCUT2D eigenvalue weighted by atomic mass is 9.97. The molecule has 0 amide bonds. The number of thiazole rings is 1. The second kappa shape index (κ2) is 5.90. The van der Waals surface area contributed by atoms with Gasteiger partial charge in [0.15, 0.2) is 0 Å². The maximum Gasteiger partial charge on any atom is 0.122 e. The monoisotopic (exact) mass is 280 g/mol. The fourth-order valence-corrected chi connectivity index (χ4v) is 4.31. The van der Waals surface area contributed by atoms with Crippen LogP contribution >= 0.6 is 11.3 Å². The predicted molar refractivity (Wildman–Crippen MR) is 78.6 cm³/mol. The summed E-state index contributed by atoms with van der Waals surface area (Å²) in [7, 11) is 1.83. The highest BCUT2D eigenvalue weighted by Crippen LogP contribution is 2.45. The molecule has 0 bridgehead atoms. The van der Waals surface area contributed by atoms with Crippen LogP contribution in [0.25, 0.3) is 0 Å². The Bertz CT molecular complexity index is 428. The molecule has 1 heterocycles. The van der Waals surface area contributed by atoms with Crippen molar-refractivity contribution >= 4 is 11.3 Å². The number of ether oxygens (including phenoxy) is 1. The van der Waals surface area contributed by atoms with E-state index in [0.29, 0.717) is 6.04 Å². The summed E-state index contributed by atoms with van der Waals surface area (Å²) in [6, 6.07) is 0.477. The molecule has 3 nitrogen and oxygen atoms in total. The van der Waals surface area contributed by atoms with E-state index in [0.717, 1.165) is 12.5 Å². The molecule has 1 saturated carbocycles. The van der Waals surface area contributed by atoms with Crippen molar-refractivity contribution in [3.05, 3.63) is 15.6 Å². The fourth-order valence-electron chi connectivity index (χ4n) is 2.97. The molecule has 0 spiro atoms. The van der Waals surface area contributed by atoms with Gasteiger partial charge in [0.25, 0.3) is 0 Å². The van der Waals surface area contributed by atoms with Crippen LogP contribution in [0.4, 0.5) is 0 Å². The van der Waals surface area contributed by atoms with Crippen LogP contribution in [-0.2, 0) is 11.2 Å². The molecule has 2 aliphatic rings. The van der Waals surface area contributed by atoms with Crippen LogP contribution in [0.5, 0.6) is 0 Å². The highest BCUT2D eigenvalue weighted by atomic mass is 32.1. The molecule has 0 aliphatic heterocycles. The van der Waals surface area contributed by atoms with E-state index in [-0.39, 0.29) is 6.10 Å². The minimum absolute atomic E-state index is 0.252. The van der Waals surface area contributed by atoms with Crippen molar-refractivity contribution in [2.45, 2.75) is 57.6 Å². The Morgan fingerprint density at radius 3 is 2.95 bits per heavy atom. The Morgan fingerprint density at radius 1 is 1.42 bits per heavy atom. The van der Waals surface area contributed by atoms with Crippen molar-refractivity contribution in [3.63, 3.8) is 0 Å². The number of nitrogens with zero attached hydrogens (tertiary/aromatic N) is 1. The van der Waals surface area contributed by atoms with E-state index < -0.39 is 0 Å². The van der Waals surface area contributed by atoms with Crippen molar-refractivity contribution in [1.29, 1.82) is 0 Å². The van der Waals surface area contributed by atoms with E-state index in [2.05, 4.69) is 12.2 Å². The topological polar surface area (TPSA) is 34.1 Å². The Labute approximate surface area is 119 Å². The smallest absolute Gasteiger partial charge is 0.122 e. The second-order valence-corrected chi connectivity index (χ2v) is 6.87. The molecule has 1 aromatic heterocycles. The molecule has 1 N–H and O–H groups in total. The summed E-state index contributed by atoms with van der Waals surface area (Å²) >= 11 is 1.90. The Hall–Kier alpha value is -0.450. The Balaban J connectivity index is 1.79. The summed E-state index contributed by atoms with van der Waals surface area (Å²) in [6.07, 6.45) is 7.78. The molecule has 2 unspecified atom stereocenters. The highest BCUT2D eigenvalue weighted by Gasteiger charge is 2.36. The normalized spacial score (nSPS) is 24.2. The van der Waals surface area contributed by atoms with Crippen molar-refractivity contribution < 1.29 is 4.74 Å². The Kier molecular flexibility index (Phi) is 4.20. The molecular weight excluding hydrogens is 256 g/mol. The quantitative estimate of drug-likeness (QED) is 0.864. The van der Waals surface area contributed by atoms with Gasteiger partial charge in [-0.3, -0.25) is 0 Å². The van der Waals surface area contributed by atoms with Gasteiger partial charge in [0.1, 0.15) is 11.1 Å². The van der Waals surface area contributed by atoms with Crippen molar-refractivity contribution in [2.75, 3.05) is 13.7 Å². The van der Waals surface area contributed by atoms with E-state index in [9.17, 15) is 0 Å². The van der Waals surface area contributed by atoms with Crippen LogP contribution in [0, 0.1) is 5.92 Å². The molecule has 0 radical (unpaired) electrons. The van der Waals surface area contributed by atoms with Gasteiger partial charge in [-0.25, -0.2) is 4.98 Å². The van der Waals surface area contributed by atoms with Gasteiger partial charge < -0.3 is 10.1 Å². The van der Waals surface area contributed by atoms with Crippen molar-refractivity contribution in [1.82, 2.24) is 10.3 Å². The first-order chi connectivity index (χ1) is 9.33. The molecule has 1 fully saturated rings. The molecule has 1 aromatic rings. The first-order valence-electron chi connectivity index (χ1n) is 7.59. The molecule has 0 saturated heterocycles. The van der Waals surface area contributed by atoms with Crippen molar-refractivity contribution in [3.8, 4) is 0 Å². The average molecular weight is 280 g/mol. The number of aromatic nitrogens is 1. The largest absolute Gasteiger partial charge is 0.374 e. The van der Waals surface area contributed by atoms with Crippen LogP contribution in [0.2, 0.25) is 0 Å². The molecular formula is C15H24N2OS. The van der Waals surface area contributed by atoms with E-state index >= 15 is 0 Å². The number of nitrogens with one attached hydrogen (secondary N) is 1. The number of aryl methyl sites for hydroxylation is 1. The van der Waals surface area contributed by atoms with Gasteiger partial charge in [0.2, 0.25) is 0 Å². The lowest BCUT2D eigenvalue weighted by molar-refractivity contribution is 0.0841. The zero-order valence-electron chi connectivity index (χ0n) is 11.9. The van der Waals surface area contributed by atoms with Gasteiger partial charge in [-0.2, -0.15) is 0 Å². The standard InChI is InChI=1S/C15H24N2OS/c1-3-9-16-11-5-4-6-12-13(11)17-15(19-12)14(18-2)10-7-8-10/h10-11,14,16H,3-9H2,1-2H3. The van der Waals surface area contributed by atoms with Crippen LogP contribution in [-0.4, -0.2) is 18.6 Å². The predicted octanol–water partition coefficient (Wildman–Crippen LogP) is 3.62. The number of hydrogen-bond acceptors (Lipinski definition) is 4. The summed E-state index contributed by atoms with van der Waals surface area (Å²) in [5, 5.41) is 4.87. The molecule has 2 atom stereocenters. The van der Waals surface area contributed by atoms with Crippen LogP contribution in [0.3, 0.4) is 0 Å². The SMILES string of the molecule is CCCNC1CCCc2sc(C(OC)C3CC3)nc21. The maximum atomic E-state index is 5.68. The first kappa shape index (κ1) is 13.5. The summed E-state index contributed by atoms with van der Waals surface area (Å²) in [5.74, 6) is 0.722. The molecule has 3 rings (SSSR count). The Morgan fingerprint density at radius 2 is 2.26 bits per heavy atom. The van der Waals surface area contributed by atoms with Crippen LogP contribution < -0.4 is 5.32 Å². The van der Waals surface area contributed by atoms with Gasteiger partial charge in [-0.1, -0.05) is 6.92 Å². The third-order valence-electron chi connectivity index (χ3n) is 4.16. The van der Waals surface area contributed by atoms with Crippen LogP contribution in [0.1, 0.15) is 66.8 Å². The van der Waals surface area contributed by atoms with Gasteiger partial charge >= 0.3 is 0 Å². The third-order valence-corrected chi connectivity index (χ3v) is 5.35. The van der Waals surface area contributed by atoms with E-state index in [1.165, 1.54) is 54.1 Å². The fraction of sp³-hybridized carbons (Fsp3) is 0.800. The average Bonchev–Trinajstić information content (AvgIpc) is 3.16. The second-order valence-electron chi connectivity index (χ2n) is 5.75. The zero-order chi connectivity index (χ0) is 13.2. The molecule has 2 aliphatic carbocycles. The molecule has 106 valence electrons. The zero-order valence-corrected chi connectivity index (χ0v) is 12.8.